The van der Waals surface area contributed by atoms with Crippen molar-refractivity contribution >= 4 is 11.3 Å². The molecule has 1 saturated carbocycles. The smallest absolute Gasteiger partial charge is 0.177 e. The van der Waals surface area contributed by atoms with E-state index in [0.717, 1.165) is 40.6 Å². The average Bonchev–Trinajstić information content (AvgIpc) is 3.07. The number of nitrogens with zero attached hydrogens (tertiary/aromatic N) is 6. The monoisotopic (exact) mass is 332 g/mol. The topological polar surface area (TPSA) is 60.4 Å². The Labute approximate surface area is 145 Å². The molecule has 2 unspecified atom stereocenters. The van der Waals surface area contributed by atoms with Gasteiger partial charge in [-0.25, -0.2) is 14.5 Å². The van der Waals surface area contributed by atoms with Crippen LogP contribution >= 0.6 is 0 Å². The Hall–Kier alpha value is -2.76. The van der Waals surface area contributed by atoms with Gasteiger partial charge >= 0.3 is 0 Å². The van der Waals surface area contributed by atoms with Gasteiger partial charge in [0.15, 0.2) is 11.5 Å². The van der Waals surface area contributed by atoms with E-state index in [1.807, 2.05) is 24.6 Å². The Morgan fingerprint density at radius 2 is 1.84 bits per heavy atom. The quantitative estimate of drug-likeness (QED) is 0.565. The van der Waals surface area contributed by atoms with Crippen molar-refractivity contribution in [2.24, 2.45) is 0 Å². The summed E-state index contributed by atoms with van der Waals surface area (Å²) in [6, 6.07) is 2.15. The van der Waals surface area contributed by atoms with Crippen molar-refractivity contribution < 1.29 is 0 Å². The highest BCUT2D eigenvalue weighted by Gasteiger charge is 2.44. The predicted molar refractivity (Wildman–Crippen MR) is 95.0 cm³/mol. The minimum absolute atomic E-state index is 0.353. The first-order valence-electron chi connectivity index (χ1n) is 8.66. The van der Waals surface area contributed by atoms with Crippen LogP contribution in [-0.2, 0) is 0 Å². The summed E-state index contributed by atoms with van der Waals surface area (Å²) in [7, 11) is 0. The Balaban J connectivity index is 1.51. The van der Waals surface area contributed by atoms with Crippen LogP contribution in [0.25, 0.3) is 11.3 Å². The molecule has 126 valence electrons. The van der Waals surface area contributed by atoms with E-state index in [0.29, 0.717) is 11.8 Å². The van der Waals surface area contributed by atoms with E-state index in [-0.39, 0.29) is 0 Å². The van der Waals surface area contributed by atoms with Crippen LogP contribution in [0.4, 0.5) is 0 Å². The molecule has 4 aromatic heterocycles. The molecule has 0 aromatic carbocycles. The van der Waals surface area contributed by atoms with E-state index in [9.17, 15) is 0 Å². The molecule has 25 heavy (non-hydrogen) atoms. The largest absolute Gasteiger partial charge is 0.307 e. The van der Waals surface area contributed by atoms with Crippen LogP contribution in [0.5, 0.6) is 0 Å². The molecule has 0 radical (unpaired) electrons. The number of aryl methyl sites for hydroxylation is 4. The summed E-state index contributed by atoms with van der Waals surface area (Å²) in [5.41, 5.74) is 7.50. The number of fused-ring (bicyclic) bond motifs is 2. The summed E-state index contributed by atoms with van der Waals surface area (Å²) in [5.74, 6) is 1.67. The van der Waals surface area contributed by atoms with Crippen molar-refractivity contribution in [3.63, 3.8) is 0 Å². The van der Waals surface area contributed by atoms with E-state index in [1.165, 1.54) is 11.1 Å². The van der Waals surface area contributed by atoms with Crippen LogP contribution in [0.2, 0.25) is 0 Å². The Bertz CT molecular complexity index is 1060. The van der Waals surface area contributed by atoms with E-state index in [1.54, 1.807) is 0 Å². The van der Waals surface area contributed by atoms with E-state index in [2.05, 4.69) is 41.7 Å². The van der Waals surface area contributed by atoms with Crippen molar-refractivity contribution in [2.75, 3.05) is 0 Å². The van der Waals surface area contributed by atoms with Crippen molar-refractivity contribution in [1.82, 2.24) is 29.0 Å². The maximum Gasteiger partial charge on any atom is 0.177 e. The number of aromatic nitrogens is 6. The maximum atomic E-state index is 4.83. The summed E-state index contributed by atoms with van der Waals surface area (Å²) in [5, 5.41) is 4.72. The summed E-state index contributed by atoms with van der Waals surface area (Å²) in [6.07, 6.45) is 7.21. The predicted octanol–water partition coefficient (Wildman–Crippen LogP) is 3.28. The van der Waals surface area contributed by atoms with Gasteiger partial charge in [-0.15, -0.1) is 0 Å². The molecular weight excluding hydrogens is 312 g/mol. The number of hydrogen-bond donors (Lipinski definition) is 0. The summed E-state index contributed by atoms with van der Waals surface area (Å²) in [6.45, 7) is 8.25. The van der Waals surface area contributed by atoms with E-state index in [4.69, 9.17) is 15.1 Å². The zero-order valence-corrected chi connectivity index (χ0v) is 14.9. The second kappa shape index (κ2) is 4.88. The van der Waals surface area contributed by atoms with Crippen LogP contribution in [-0.4, -0.2) is 29.0 Å². The van der Waals surface area contributed by atoms with Crippen LogP contribution in [0.3, 0.4) is 0 Å². The minimum atomic E-state index is 0.353. The summed E-state index contributed by atoms with van der Waals surface area (Å²) < 4.78 is 4.03. The lowest BCUT2D eigenvalue weighted by Gasteiger charge is -1.99. The SMILES string of the molecule is Cc1cc2nc(C3CC3c3nc4c(C)ncc(C)n4n3)cn2cc1C. The van der Waals surface area contributed by atoms with Gasteiger partial charge in [0.05, 0.1) is 17.1 Å². The van der Waals surface area contributed by atoms with Gasteiger partial charge in [0.2, 0.25) is 0 Å². The molecule has 0 aliphatic heterocycles. The standard InChI is InChI=1S/C19H20N6/c1-10-5-17-21-16(9-24(17)8-11(10)2)14-6-15(14)18-22-19-13(4)20-7-12(3)25(19)23-18/h5,7-9,14-15H,6H2,1-4H3. The van der Waals surface area contributed by atoms with Crippen LogP contribution in [0, 0.1) is 27.7 Å². The lowest BCUT2D eigenvalue weighted by Crippen LogP contribution is -1.97. The third-order valence-electron chi connectivity index (χ3n) is 5.31. The minimum Gasteiger partial charge on any atom is -0.307 e. The molecule has 0 spiro atoms. The van der Waals surface area contributed by atoms with Gasteiger partial charge in [0, 0.05) is 30.4 Å². The second-order valence-electron chi connectivity index (χ2n) is 7.21. The van der Waals surface area contributed by atoms with Gasteiger partial charge in [-0.2, -0.15) is 5.10 Å². The fourth-order valence-electron chi connectivity index (χ4n) is 3.51. The number of imidazole rings is 1. The molecule has 1 fully saturated rings. The zero-order chi connectivity index (χ0) is 17.3. The third-order valence-corrected chi connectivity index (χ3v) is 5.31. The van der Waals surface area contributed by atoms with Gasteiger partial charge in [-0.1, -0.05) is 0 Å². The van der Waals surface area contributed by atoms with Gasteiger partial charge < -0.3 is 4.40 Å². The van der Waals surface area contributed by atoms with Crippen LogP contribution < -0.4 is 0 Å². The fraction of sp³-hybridized carbons (Fsp3) is 0.368. The van der Waals surface area contributed by atoms with Gasteiger partial charge in [0.25, 0.3) is 0 Å². The molecule has 2 atom stereocenters. The zero-order valence-electron chi connectivity index (χ0n) is 14.9. The molecule has 1 aliphatic rings. The van der Waals surface area contributed by atoms with Crippen LogP contribution in [0.1, 0.15) is 52.3 Å². The summed E-state index contributed by atoms with van der Waals surface area (Å²) in [4.78, 5) is 14.0. The Morgan fingerprint density at radius 3 is 2.64 bits per heavy atom. The van der Waals surface area contributed by atoms with Crippen molar-refractivity contribution in [2.45, 2.75) is 46.0 Å². The van der Waals surface area contributed by atoms with E-state index < -0.39 is 0 Å². The molecule has 1 aliphatic carbocycles. The molecule has 4 heterocycles. The Morgan fingerprint density at radius 1 is 1.00 bits per heavy atom. The maximum absolute atomic E-state index is 4.83. The molecule has 5 rings (SSSR count). The molecule has 0 N–H and O–H groups in total. The normalized spacial score (nSPS) is 19.8. The highest BCUT2D eigenvalue weighted by atomic mass is 15.3. The molecule has 6 nitrogen and oxygen atoms in total. The molecule has 0 bridgehead atoms. The van der Waals surface area contributed by atoms with Crippen molar-refractivity contribution in [3.8, 4) is 0 Å². The fourth-order valence-corrected chi connectivity index (χ4v) is 3.51. The third kappa shape index (κ3) is 2.17. The van der Waals surface area contributed by atoms with Gasteiger partial charge in [0.1, 0.15) is 5.65 Å². The highest BCUT2D eigenvalue weighted by Crippen LogP contribution is 2.53. The number of hydrogen-bond acceptors (Lipinski definition) is 4. The van der Waals surface area contributed by atoms with E-state index >= 15 is 0 Å². The molecular formula is C19H20N6. The lowest BCUT2D eigenvalue weighted by molar-refractivity contribution is 0.829. The van der Waals surface area contributed by atoms with Gasteiger partial charge in [-0.05, 0) is 51.3 Å². The molecule has 0 amide bonds. The van der Waals surface area contributed by atoms with Crippen LogP contribution in [0.15, 0.2) is 24.7 Å². The highest BCUT2D eigenvalue weighted by molar-refractivity contribution is 5.48. The first-order valence-corrected chi connectivity index (χ1v) is 8.66. The molecule has 4 aromatic rings. The average molecular weight is 332 g/mol. The molecule has 6 heteroatoms. The first-order chi connectivity index (χ1) is 12.0. The van der Waals surface area contributed by atoms with Crippen molar-refractivity contribution in [1.29, 1.82) is 0 Å². The molecule has 0 saturated heterocycles. The summed E-state index contributed by atoms with van der Waals surface area (Å²) >= 11 is 0. The number of rotatable bonds is 2. The number of pyridine rings is 1. The lowest BCUT2D eigenvalue weighted by atomic mass is 10.2. The van der Waals surface area contributed by atoms with Crippen molar-refractivity contribution in [3.05, 3.63) is 58.7 Å². The van der Waals surface area contributed by atoms with Gasteiger partial charge in [-0.3, -0.25) is 4.98 Å². The Kier molecular flexibility index (Phi) is 2.84. The first kappa shape index (κ1) is 14.6. The second-order valence-corrected chi connectivity index (χ2v) is 7.21.